The molecule has 0 bridgehead atoms. The topological polar surface area (TPSA) is 104 Å². The van der Waals surface area contributed by atoms with E-state index < -0.39 is 28.8 Å². The van der Waals surface area contributed by atoms with E-state index in [-0.39, 0.29) is 16.6 Å². The van der Waals surface area contributed by atoms with Crippen molar-refractivity contribution in [3.63, 3.8) is 0 Å². The molecule has 2 heterocycles. The molecule has 0 fully saturated rings. The second kappa shape index (κ2) is 5.90. The van der Waals surface area contributed by atoms with Gasteiger partial charge in [-0.2, -0.15) is 4.72 Å². The van der Waals surface area contributed by atoms with E-state index in [0.29, 0.717) is 5.65 Å². The van der Waals surface area contributed by atoms with Gasteiger partial charge in [-0.15, -0.1) is 0 Å². The van der Waals surface area contributed by atoms with Crippen molar-refractivity contribution < 1.29 is 18.6 Å². The summed E-state index contributed by atoms with van der Waals surface area (Å²) in [6.07, 6.45) is 1.74. The van der Waals surface area contributed by atoms with Crippen molar-refractivity contribution in [3.05, 3.63) is 29.5 Å². The molecule has 7 nitrogen and oxygen atoms in total. The Morgan fingerprint density at radius 2 is 2.05 bits per heavy atom. The highest BCUT2D eigenvalue weighted by molar-refractivity contribution is 7.89. The van der Waals surface area contributed by atoms with Crippen LogP contribution in [0.1, 0.15) is 13.3 Å². The van der Waals surface area contributed by atoms with Crippen LogP contribution in [0.4, 0.5) is 0 Å². The maximum absolute atomic E-state index is 12.5. The van der Waals surface area contributed by atoms with Gasteiger partial charge in [0.05, 0.1) is 18.8 Å². The monoisotopic (exact) mass is 333 g/mol. The number of pyridine rings is 1. The number of nitrogens with zero attached hydrogens (tertiary/aromatic N) is 2. The van der Waals surface area contributed by atoms with Gasteiger partial charge >= 0.3 is 0 Å². The van der Waals surface area contributed by atoms with Crippen LogP contribution in [0, 0.1) is 0 Å². The number of aliphatic hydroxyl groups excluding tert-OH is 2. The van der Waals surface area contributed by atoms with Crippen LogP contribution in [0.3, 0.4) is 0 Å². The molecular weight excluding hydrogens is 318 g/mol. The Kier molecular flexibility index (Phi) is 4.54. The normalized spacial score (nSPS) is 13.0. The Morgan fingerprint density at radius 3 is 2.62 bits per heavy atom. The van der Waals surface area contributed by atoms with Gasteiger partial charge in [-0.1, -0.05) is 24.6 Å². The van der Waals surface area contributed by atoms with Gasteiger partial charge < -0.3 is 10.2 Å². The Balaban J connectivity index is 2.55. The van der Waals surface area contributed by atoms with E-state index in [1.165, 1.54) is 10.6 Å². The maximum atomic E-state index is 12.5. The van der Waals surface area contributed by atoms with Crippen molar-refractivity contribution in [2.45, 2.75) is 23.9 Å². The van der Waals surface area contributed by atoms with E-state index in [2.05, 4.69) is 9.71 Å². The SMILES string of the molecule is CCC(CO)(CO)NS(=O)(=O)c1c(Cl)nc2ccccn12. The lowest BCUT2D eigenvalue weighted by molar-refractivity contribution is 0.105. The fourth-order valence-electron chi connectivity index (χ4n) is 1.93. The van der Waals surface area contributed by atoms with E-state index in [1.807, 2.05) is 0 Å². The predicted octanol–water partition coefficient (Wildman–Crippen LogP) is 0.399. The lowest BCUT2D eigenvalue weighted by atomic mass is 10.0. The predicted molar refractivity (Wildman–Crippen MR) is 77.7 cm³/mol. The third kappa shape index (κ3) is 2.90. The number of halogens is 1. The fraction of sp³-hybridized carbons (Fsp3) is 0.417. The molecule has 0 spiro atoms. The molecule has 21 heavy (non-hydrogen) atoms. The summed E-state index contributed by atoms with van der Waals surface area (Å²) >= 11 is 5.93. The summed E-state index contributed by atoms with van der Waals surface area (Å²) in [5.41, 5.74) is -0.959. The molecule has 0 aliphatic heterocycles. The molecule has 0 atom stereocenters. The van der Waals surface area contributed by atoms with Gasteiger partial charge in [-0.25, -0.2) is 13.4 Å². The summed E-state index contributed by atoms with van der Waals surface area (Å²) in [5, 5.41) is 18.4. The molecule has 0 saturated carbocycles. The van der Waals surface area contributed by atoms with E-state index >= 15 is 0 Å². The average molecular weight is 334 g/mol. The van der Waals surface area contributed by atoms with Crippen molar-refractivity contribution in [2.24, 2.45) is 0 Å². The summed E-state index contributed by atoms with van der Waals surface area (Å²) in [4.78, 5) is 3.97. The summed E-state index contributed by atoms with van der Waals surface area (Å²) < 4.78 is 28.7. The second-order valence-corrected chi connectivity index (χ2v) is 6.65. The molecule has 0 aliphatic rings. The third-order valence-corrected chi connectivity index (χ3v) is 5.31. The lowest BCUT2D eigenvalue weighted by Crippen LogP contribution is -2.53. The number of aromatic nitrogens is 2. The van der Waals surface area contributed by atoms with Gasteiger partial charge in [0.15, 0.2) is 10.2 Å². The zero-order valence-corrected chi connectivity index (χ0v) is 12.9. The quantitative estimate of drug-likeness (QED) is 0.710. The van der Waals surface area contributed by atoms with Gasteiger partial charge in [-0.05, 0) is 18.6 Å². The first-order valence-corrected chi connectivity index (χ1v) is 8.13. The Bertz CT molecular complexity index is 732. The Hall–Kier alpha value is -1.19. The van der Waals surface area contributed by atoms with Crippen molar-refractivity contribution in [3.8, 4) is 0 Å². The molecule has 116 valence electrons. The first-order chi connectivity index (χ1) is 9.89. The van der Waals surface area contributed by atoms with Gasteiger partial charge in [0.25, 0.3) is 10.0 Å². The summed E-state index contributed by atoms with van der Waals surface area (Å²) in [6.45, 7) is 0.590. The number of sulfonamides is 1. The standard InChI is InChI=1S/C12H16ClN3O4S/c1-2-12(7-17,8-18)15-21(19,20)11-10(13)14-9-5-3-4-6-16(9)11/h3-6,15,17-18H,2,7-8H2,1H3. The van der Waals surface area contributed by atoms with Crippen LogP contribution in [-0.4, -0.2) is 46.8 Å². The molecule has 9 heteroatoms. The van der Waals surface area contributed by atoms with Crippen molar-refractivity contribution in [2.75, 3.05) is 13.2 Å². The highest BCUT2D eigenvalue weighted by Crippen LogP contribution is 2.24. The minimum atomic E-state index is -4.07. The highest BCUT2D eigenvalue weighted by Gasteiger charge is 2.35. The van der Waals surface area contributed by atoms with Gasteiger partial charge in [0.2, 0.25) is 0 Å². The molecule has 0 aliphatic carbocycles. The van der Waals surface area contributed by atoms with E-state index in [4.69, 9.17) is 11.6 Å². The van der Waals surface area contributed by atoms with Crippen LogP contribution in [-0.2, 0) is 10.0 Å². The van der Waals surface area contributed by atoms with Crippen molar-refractivity contribution in [1.82, 2.24) is 14.1 Å². The average Bonchev–Trinajstić information content (AvgIpc) is 2.81. The number of aliphatic hydroxyl groups is 2. The molecule has 0 saturated heterocycles. The van der Waals surface area contributed by atoms with Crippen LogP contribution < -0.4 is 4.72 Å². The number of hydrogen-bond acceptors (Lipinski definition) is 5. The van der Waals surface area contributed by atoms with Crippen LogP contribution in [0.15, 0.2) is 29.4 Å². The molecule has 0 unspecified atom stereocenters. The summed E-state index contributed by atoms with van der Waals surface area (Å²) in [5.74, 6) is 0. The zero-order valence-electron chi connectivity index (χ0n) is 11.3. The minimum Gasteiger partial charge on any atom is -0.394 e. The molecule has 2 aromatic heterocycles. The molecular formula is C12H16ClN3O4S. The van der Waals surface area contributed by atoms with Gasteiger partial charge in [0, 0.05) is 6.20 Å². The smallest absolute Gasteiger partial charge is 0.260 e. The number of hydrogen-bond donors (Lipinski definition) is 3. The Morgan fingerprint density at radius 1 is 1.38 bits per heavy atom. The van der Waals surface area contributed by atoms with E-state index in [0.717, 1.165) is 0 Å². The molecule has 2 aromatic rings. The fourth-order valence-corrected chi connectivity index (χ4v) is 4.03. The summed E-state index contributed by atoms with van der Waals surface area (Å²) in [6, 6.07) is 4.98. The highest BCUT2D eigenvalue weighted by atomic mass is 35.5. The van der Waals surface area contributed by atoms with Crippen LogP contribution >= 0.6 is 11.6 Å². The van der Waals surface area contributed by atoms with E-state index in [9.17, 15) is 18.6 Å². The maximum Gasteiger partial charge on any atom is 0.260 e. The molecule has 0 radical (unpaired) electrons. The number of nitrogens with one attached hydrogen (secondary N) is 1. The third-order valence-electron chi connectivity index (χ3n) is 3.33. The van der Waals surface area contributed by atoms with Crippen LogP contribution in [0.2, 0.25) is 5.15 Å². The molecule has 0 aromatic carbocycles. The number of fused-ring (bicyclic) bond motifs is 1. The van der Waals surface area contributed by atoms with Gasteiger partial charge in [0.1, 0.15) is 5.65 Å². The lowest BCUT2D eigenvalue weighted by Gasteiger charge is -2.29. The largest absolute Gasteiger partial charge is 0.394 e. The minimum absolute atomic E-state index is 0.172. The number of imidazole rings is 1. The molecule has 3 N–H and O–H groups in total. The first kappa shape index (κ1) is 16.2. The molecule has 0 amide bonds. The summed E-state index contributed by atoms with van der Waals surface area (Å²) in [7, 11) is -4.07. The van der Waals surface area contributed by atoms with E-state index in [1.54, 1.807) is 25.1 Å². The van der Waals surface area contributed by atoms with Crippen molar-refractivity contribution in [1.29, 1.82) is 0 Å². The van der Waals surface area contributed by atoms with Crippen LogP contribution in [0.5, 0.6) is 0 Å². The zero-order chi connectivity index (χ0) is 15.7. The number of rotatable bonds is 6. The van der Waals surface area contributed by atoms with Crippen molar-refractivity contribution >= 4 is 27.3 Å². The first-order valence-electron chi connectivity index (χ1n) is 6.27. The Labute approximate surface area is 127 Å². The second-order valence-electron chi connectivity index (χ2n) is 4.69. The molecule has 2 rings (SSSR count). The van der Waals surface area contributed by atoms with Gasteiger partial charge in [-0.3, -0.25) is 4.40 Å². The van der Waals surface area contributed by atoms with Crippen LogP contribution in [0.25, 0.3) is 5.65 Å².